The zero-order chi connectivity index (χ0) is 14.2. The molecule has 1 aromatic heterocycles. The van der Waals surface area contributed by atoms with Crippen molar-refractivity contribution in [3.05, 3.63) is 46.5 Å². The summed E-state index contributed by atoms with van der Waals surface area (Å²) in [5.74, 6) is 0. The Hall–Kier alpha value is -1.14. The highest BCUT2D eigenvalue weighted by Gasteiger charge is 2.43. The molecule has 1 aromatic carbocycles. The highest BCUT2D eigenvalue weighted by atomic mass is 35.5. The van der Waals surface area contributed by atoms with E-state index in [2.05, 4.69) is 10.1 Å². The summed E-state index contributed by atoms with van der Waals surface area (Å²) in [6.07, 6.45) is 3.00. The molecule has 3 rings (SSSR count). The quantitative estimate of drug-likeness (QED) is 0.944. The average molecular weight is 314 g/mol. The van der Waals surface area contributed by atoms with Crippen LogP contribution in [0.2, 0.25) is 10.0 Å². The summed E-state index contributed by atoms with van der Waals surface area (Å²) in [6.45, 7) is 0.707. The third-order valence-corrected chi connectivity index (χ3v) is 3.97. The molecule has 5 nitrogen and oxygen atoms in total. The molecular formula is C13H13Cl2N3O2. The number of aromatic nitrogens is 3. The molecule has 106 valence electrons. The van der Waals surface area contributed by atoms with Gasteiger partial charge >= 0.3 is 0 Å². The Bertz CT molecular complexity index is 606. The van der Waals surface area contributed by atoms with E-state index in [9.17, 15) is 5.11 Å². The predicted octanol–water partition coefficient (Wildman–Crippen LogP) is 2.26. The normalized spacial score (nSPS) is 26.1. The monoisotopic (exact) mass is 313 g/mol. The van der Waals surface area contributed by atoms with Gasteiger partial charge in [-0.1, -0.05) is 29.3 Å². The van der Waals surface area contributed by atoms with Crippen LogP contribution in [0.5, 0.6) is 0 Å². The standard InChI is InChI=1S/C13H13Cl2N3O2/c14-9-1-2-11(12(15)3-9)13(4-10(19)5-20-13)6-18-8-16-7-17-18/h1-3,7-8,10,19H,4-6H2/t10-,13+/m0/s1. The van der Waals surface area contributed by atoms with Crippen LogP contribution in [0.3, 0.4) is 0 Å². The minimum Gasteiger partial charge on any atom is -0.391 e. The zero-order valence-electron chi connectivity index (χ0n) is 10.5. The van der Waals surface area contributed by atoms with E-state index in [1.807, 2.05) is 6.07 Å². The van der Waals surface area contributed by atoms with Crippen LogP contribution in [-0.4, -0.2) is 32.6 Å². The van der Waals surface area contributed by atoms with E-state index in [1.54, 1.807) is 23.1 Å². The molecule has 0 saturated carbocycles. The third kappa shape index (κ3) is 2.54. The van der Waals surface area contributed by atoms with Gasteiger partial charge in [0.25, 0.3) is 0 Å². The van der Waals surface area contributed by atoms with E-state index in [1.165, 1.54) is 6.33 Å². The van der Waals surface area contributed by atoms with E-state index in [4.69, 9.17) is 27.9 Å². The molecule has 1 fully saturated rings. The van der Waals surface area contributed by atoms with Crippen LogP contribution in [0, 0.1) is 0 Å². The molecule has 2 atom stereocenters. The van der Waals surface area contributed by atoms with Gasteiger partial charge < -0.3 is 9.84 Å². The topological polar surface area (TPSA) is 60.2 Å². The van der Waals surface area contributed by atoms with Gasteiger partial charge in [-0.05, 0) is 12.1 Å². The van der Waals surface area contributed by atoms with Crippen LogP contribution in [0.4, 0.5) is 0 Å². The molecule has 0 aliphatic carbocycles. The maximum Gasteiger partial charge on any atom is 0.137 e. The van der Waals surface area contributed by atoms with Crippen molar-refractivity contribution in [2.75, 3.05) is 6.61 Å². The van der Waals surface area contributed by atoms with Gasteiger partial charge in [0.05, 0.1) is 19.3 Å². The first-order valence-electron chi connectivity index (χ1n) is 6.19. The Morgan fingerprint density at radius 3 is 2.90 bits per heavy atom. The minimum absolute atomic E-state index is 0.271. The van der Waals surface area contributed by atoms with Gasteiger partial charge in [0, 0.05) is 22.0 Å². The fraction of sp³-hybridized carbons (Fsp3) is 0.385. The van der Waals surface area contributed by atoms with E-state index >= 15 is 0 Å². The summed E-state index contributed by atoms with van der Waals surface area (Å²) in [7, 11) is 0. The Labute approximate surface area is 126 Å². The maximum absolute atomic E-state index is 9.86. The van der Waals surface area contributed by atoms with Crippen LogP contribution in [-0.2, 0) is 16.9 Å². The molecule has 0 unspecified atom stereocenters. The average Bonchev–Trinajstić information content (AvgIpc) is 3.00. The summed E-state index contributed by atoms with van der Waals surface area (Å²) in [6, 6.07) is 5.27. The van der Waals surface area contributed by atoms with E-state index in [0.717, 1.165) is 5.56 Å². The Morgan fingerprint density at radius 2 is 2.30 bits per heavy atom. The first kappa shape index (κ1) is 13.8. The number of ether oxygens (including phenoxy) is 1. The smallest absolute Gasteiger partial charge is 0.137 e. The van der Waals surface area contributed by atoms with E-state index < -0.39 is 11.7 Å². The van der Waals surface area contributed by atoms with Crippen LogP contribution in [0.15, 0.2) is 30.9 Å². The Morgan fingerprint density at radius 1 is 1.45 bits per heavy atom. The fourth-order valence-electron chi connectivity index (χ4n) is 2.57. The van der Waals surface area contributed by atoms with Crippen molar-refractivity contribution in [1.29, 1.82) is 0 Å². The van der Waals surface area contributed by atoms with Gasteiger partial charge in [-0.2, -0.15) is 5.10 Å². The lowest BCUT2D eigenvalue weighted by Gasteiger charge is -2.29. The third-order valence-electron chi connectivity index (χ3n) is 3.42. The summed E-state index contributed by atoms with van der Waals surface area (Å²) < 4.78 is 7.54. The van der Waals surface area contributed by atoms with Gasteiger partial charge in [-0.15, -0.1) is 0 Å². The molecular weight excluding hydrogens is 301 g/mol. The van der Waals surface area contributed by atoms with E-state index in [-0.39, 0.29) is 6.61 Å². The maximum atomic E-state index is 9.86. The molecule has 2 heterocycles. The first-order valence-corrected chi connectivity index (χ1v) is 6.95. The highest BCUT2D eigenvalue weighted by Crippen LogP contribution is 2.41. The second-order valence-corrected chi connectivity index (χ2v) is 5.72. The molecule has 0 radical (unpaired) electrons. The number of hydrogen-bond donors (Lipinski definition) is 1. The predicted molar refractivity (Wildman–Crippen MR) is 74.7 cm³/mol. The second kappa shape index (κ2) is 5.33. The molecule has 1 saturated heterocycles. The van der Waals surface area contributed by atoms with Crippen molar-refractivity contribution in [2.45, 2.75) is 24.7 Å². The lowest BCUT2D eigenvalue weighted by Crippen LogP contribution is -2.32. The van der Waals surface area contributed by atoms with Gasteiger partial charge in [-0.25, -0.2) is 9.67 Å². The molecule has 7 heteroatoms. The number of nitrogens with zero attached hydrogens (tertiary/aromatic N) is 3. The molecule has 1 aliphatic heterocycles. The molecule has 20 heavy (non-hydrogen) atoms. The summed E-state index contributed by atoms with van der Waals surface area (Å²) >= 11 is 12.2. The highest BCUT2D eigenvalue weighted by molar-refractivity contribution is 6.35. The number of aliphatic hydroxyl groups is 1. The van der Waals surface area contributed by atoms with Crippen LogP contribution >= 0.6 is 23.2 Å². The van der Waals surface area contributed by atoms with Crippen molar-refractivity contribution >= 4 is 23.2 Å². The zero-order valence-corrected chi connectivity index (χ0v) is 12.1. The number of benzene rings is 1. The fourth-order valence-corrected chi connectivity index (χ4v) is 3.15. The van der Waals surface area contributed by atoms with Crippen molar-refractivity contribution < 1.29 is 9.84 Å². The molecule has 0 spiro atoms. The number of rotatable bonds is 3. The minimum atomic E-state index is -0.714. The Kier molecular flexibility index (Phi) is 3.69. The number of hydrogen-bond acceptors (Lipinski definition) is 4. The lowest BCUT2D eigenvalue weighted by atomic mass is 9.90. The van der Waals surface area contributed by atoms with Gasteiger partial charge in [0.15, 0.2) is 0 Å². The Balaban J connectivity index is 2.01. The van der Waals surface area contributed by atoms with Gasteiger partial charge in [-0.3, -0.25) is 0 Å². The van der Waals surface area contributed by atoms with Crippen molar-refractivity contribution in [3.63, 3.8) is 0 Å². The molecule has 0 amide bonds. The molecule has 1 N–H and O–H groups in total. The van der Waals surface area contributed by atoms with Crippen molar-refractivity contribution in [3.8, 4) is 0 Å². The molecule has 0 bridgehead atoms. The first-order chi connectivity index (χ1) is 9.59. The molecule has 2 aromatic rings. The van der Waals surface area contributed by atoms with Crippen LogP contribution in [0.1, 0.15) is 12.0 Å². The van der Waals surface area contributed by atoms with Crippen LogP contribution in [0.25, 0.3) is 0 Å². The van der Waals surface area contributed by atoms with Gasteiger partial charge in [0.2, 0.25) is 0 Å². The summed E-state index contributed by atoms with van der Waals surface area (Å²) in [4.78, 5) is 3.92. The SMILES string of the molecule is O[C@@H]1CO[C@](Cn2cncn2)(c2ccc(Cl)cc2Cl)C1. The lowest BCUT2D eigenvalue weighted by molar-refractivity contribution is -0.0190. The van der Waals surface area contributed by atoms with Crippen LogP contribution < -0.4 is 0 Å². The largest absolute Gasteiger partial charge is 0.391 e. The molecule has 1 aliphatic rings. The van der Waals surface area contributed by atoms with E-state index in [0.29, 0.717) is 23.0 Å². The van der Waals surface area contributed by atoms with Crippen molar-refractivity contribution in [1.82, 2.24) is 14.8 Å². The second-order valence-electron chi connectivity index (χ2n) is 4.88. The summed E-state index contributed by atoms with van der Waals surface area (Å²) in [5, 5.41) is 15.0. The van der Waals surface area contributed by atoms with Gasteiger partial charge in [0.1, 0.15) is 18.3 Å². The van der Waals surface area contributed by atoms with Crippen molar-refractivity contribution in [2.24, 2.45) is 0 Å². The number of halogens is 2. The summed E-state index contributed by atoms with van der Waals surface area (Å²) in [5.41, 5.74) is 0.0880. The number of aliphatic hydroxyl groups excluding tert-OH is 1.